The Morgan fingerprint density at radius 2 is 1.70 bits per heavy atom. The maximum atomic E-state index is 13.0. The van der Waals surface area contributed by atoms with E-state index in [1.165, 1.54) is 19.1 Å². The van der Waals surface area contributed by atoms with Crippen LogP contribution in [0.2, 0.25) is 0 Å². The van der Waals surface area contributed by atoms with Gasteiger partial charge in [0.2, 0.25) is 5.91 Å². The summed E-state index contributed by atoms with van der Waals surface area (Å²) in [5, 5.41) is 8.02. The van der Waals surface area contributed by atoms with E-state index in [0.717, 1.165) is 5.56 Å². The van der Waals surface area contributed by atoms with Crippen molar-refractivity contribution in [3.63, 3.8) is 0 Å². The monoisotopic (exact) mass is 315 g/mol. The number of benzene rings is 2. The lowest BCUT2D eigenvalue weighted by Crippen LogP contribution is -2.30. The van der Waals surface area contributed by atoms with Gasteiger partial charge in [-0.3, -0.25) is 4.79 Å². The molecule has 3 amide bonds. The zero-order valence-electron chi connectivity index (χ0n) is 12.7. The third kappa shape index (κ3) is 5.78. The maximum absolute atomic E-state index is 13.0. The Balaban J connectivity index is 1.81. The molecule has 0 aliphatic carbocycles. The first-order valence-corrected chi connectivity index (χ1v) is 7.20. The SMILES string of the molecule is CC(=O)Nc1cccc(NC(=O)NCCc2cccc(F)c2)c1. The van der Waals surface area contributed by atoms with Crippen molar-refractivity contribution < 1.29 is 14.0 Å². The van der Waals surface area contributed by atoms with Gasteiger partial charge in [-0.15, -0.1) is 0 Å². The first-order chi connectivity index (χ1) is 11.0. The van der Waals surface area contributed by atoms with Crippen LogP contribution in [0, 0.1) is 5.82 Å². The standard InChI is InChI=1S/C17H18FN3O2/c1-12(22)20-15-6-3-7-16(11-15)21-17(23)19-9-8-13-4-2-5-14(18)10-13/h2-7,10-11H,8-9H2,1H3,(H,20,22)(H2,19,21,23). The van der Waals surface area contributed by atoms with Crippen molar-refractivity contribution in [3.8, 4) is 0 Å². The molecule has 0 aliphatic rings. The van der Waals surface area contributed by atoms with Crippen molar-refractivity contribution in [2.45, 2.75) is 13.3 Å². The van der Waals surface area contributed by atoms with Gasteiger partial charge in [-0.05, 0) is 42.3 Å². The lowest BCUT2D eigenvalue weighted by Gasteiger charge is -2.09. The van der Waals surface area contributed by atoms with Gasteiger partial charge < -0.3 is 16.0 Å². The second kappa shape index (κ2) is 7.93. The minimum absolute atomic E-state index is 0.179. The molecule has 0 spiro atoms. The van der Waals surface area contributed by atoms with Crippen molar-refractivity contribution in [3.05, 3.63) is 59.9 Å². The lowest BCUT2D eigenvalue weighted by atomic mass is 10.1. The molecule has 0 unspecified atom stereocenters. The molecule has 0 radical (unpaired) electrons. The molecule has 3 N–H and O–H groups in total. The van der Waals surface area contributed by atoms with E-state index < -0.39 is 0 Å². The number of carbonyl (C=O) groups is 2. The van der Waals surface area contributed by atoms with Gasteiger partial charge in [0.15, 0.2) is 0 Å². The van der Waals surface area contributed by atoms with Gasteiger partial charge in [0.05, 0.1) is 0 Å². The average Bonchev–Trinajstić information content (AvgIpc) is 2.47. The molecule has 0 atom stereocenters. The summed E-state index contributed by atoms with van der Waals surface area (Å²) in [7, 11) is 0. The van der Waals surface area contributed by atoms with E-state index in [4.69, 9.17) is 0 Å². The Kier molecular flexibility index (Phi) is 5.68. The van der Waals surface area contributed by atoms with Crippen LogP contribution < -0.4 is 16.0 Å². The lowest BCUT2D eigenvalue weighted by molar-refractivity contribution is -0.114. The molecule has 23 heavy (non-hydrogen) atoms. The summed E-state index contributed by atoms with van der Waals surface area (Å²) in [6.07, 6.45) is 0.539. The van der Waals surface area contributed by atoms with Gasteiger partial charge >= 0.3 is 6.03 Å². The van der Waals surface area contributed by atoms with E-state index in [0.29, 0.717) is 24.3 Å². The third-order valence-corrected chi connectivity index (χ3v) is 3.03. The van der Waals surface area contributed by atoms with Crippen molar-refractivity contribution in [1.82, 2.24) is 5.32 Å². The number of hydrogen-bond acceptors (Lipinski definition) is 2. The van der Waals surface area contributed by atoms with Crippen LogP contribution in [0.5, 0.6) is 0 Å². The second-order valence-electron chi connectivity index (χ2n) is 5.02. The largest absolute Gasteiger partial charge is 0.338 e. The average molecular weight is 315 g/mol. The highest BCUT2D eigenvalue weighted by atomic mass is 19.1. The first kappa shape index (κ1) is 16.5. The normalized spacial score (nSPS) is 10.0. The van der Waals surface area contributed by atoms with Gasteiger partial charge in [0.25, 0.3) is 0 Å². The predicted octanol–water partition coefficient (Wildman–Crippen LogP) is 3.15. The number of amides is 3. The summed E-state index contributed by atoms with van der Waals surface area (Å²) in [6, 6.07) is 12.7. The smallest absolute Gasteiger partial charge is 0.319 e. The fourth-order valence-electron chi connectivity index (χ4n) is 2.07. The molecule has 120 valence electrons. The van der Waals surface area contributed by atoms with Gasteiger partial charge in [-0.2, -0.15) is 0 Å². The zero-order valence-corrected chi connectivity index (χ0v) is 12.7. The molecule has 2 rings (SSSR count). The molecular formula is C17H18FN3O2. The molecule has 2 aromatic rings. The van der Waals surface area contributed by atoms with Crippen molar-refractivity contribution in [1.29, 1.82) is 0 Å². The summed E-state index contributed by atoms with van der Waals surface area (Å²) < 4.78 is 13.0. The van der Waals surface area contributed by atoms with Crippen LogP contribution in [0.15, 0.2) is 48.5 Å². The highest BCUT2D eigenvalue weighted by Crippen LogP contribution is 2.14. The highest BCUT2D eigenvalue weighted by Gasteiger charge is 2.03. The molecule has 0 aromatic heterocycles. The minimum atomic E-state index is -0.360. The Labute approximate surface area is 133 Å². The van der Waals surface area contributed by atoms with Gasteiger partial charge in [-0.25, -0.2) is 9.18 Å². The Hall–Kier alpha value is -2.89. The zero-order chi connectivity index (χ0) is 16.7. The quantitative estimate of drug-likeness (QED) is 0.793. The molecule has 0 aliphatic heterocycles. The van der Waals surface area contributed by atoms with Crippen molar-refractivity contribution in [2.24, 2.45) is 0 Å². The van der Waals surface area contributed by atoms with Crippen molar-refractivity contribution >= 4 is 23.3 Å². The van der Waals surface area contributed by atoms with E-state index in [1.54, 1.807) is 36.4 Å². The van der Waals surface area contributed by atoms with E-state index in [-0.39, 0.29) is 17.8 Å². The van der Waals surface area contributed by atoms with Crippen LogP contribution in [0.1, 0.15) is 12.5 Å². The summed E-state index contributed by atoms with van der Waals surface area (Å²) >= 11 is 0. The van der Waals surface area contributed by atoms with E-state index in [2.05, 4.69) is 16.0 Å². The molecule has 0 fully saturated rings. The van der Waals surface area contributed by atoms with Crippen LogP contribution in [0.4, 0.5) is 20.6 Å². The molecule has 0 saturated carbocycles. The van der Waals surface area contributed by atoms with E-state index in [1.807, 2.05) is 0 Å². The maximum Gasteiger partial charge on any atom is 0.319 e. The van der Waals surface area contributed by atoms with Crippen LogP contribution in [-0.2, 0) is 11.2 Å². The van der Waals surface area contributed by atoms with Crippen LogP contribution >= 0.6 is 0 Å². The van der Waals surface area contributed by atoms with Crippen molar-refractivity contribution in [2.75, 3.05) is 17.2 Å². The number of halogens is 1. The third-order valence-electron chi connectivity index (χ3n) is 3.03. The number of urea groups is 1. The highest BCUT2D eigenvalue weighted by molar-refractivity contribution is 5.92. The number of nitrogens with one attached hydrogen (secondary N) is 3. The summed E-state index contributed by atoms with van der Waals surface area (Å²) in [5.74, 6) is -0.469. The van der Waals surface area contributed by atoms with Crippen LogP contribution in [0.3, 0.4) is 0 Å². The van der Waals surface area contributed by atoms with Gasteiger partial charge in [0.1, 0.15) is 5.82 Å². The Bertz CT molecular complexity index is 704. The first-order valence-electron chi connectivity index (χ1n) is 7.20. The van der Waals surface area contributed by atoms with E-state index >= 15 is 0 Å². The second-order valence-corrected chi connectivity index (χ2v) is 5.02. The number of anilines is 2. The molecular weight excluding hydrogens is 297 g/mol. The van der Waals surface area contributed by atoms with Crippen LogP contribution in [0.25, 0.3) is 0 Å². The Morgan fingerprint density at radius 3 is 2.39 bits per heavy atom. The number of hydrogen-bond donors (Lipinski definition) is 3. The topological polar surface area (TPSA) is 70.2 Å². The summed E-state index contributed by atoms with van der Waals surface area (Å²) in [4.78, 5) is 22.8. The molecule has 6 heteroatoms. The summed E-state index contributed by atoms with van der Waals surface area (Å²) in [5.41, 5.74) is 1.99. The fourth-order valence-corrected chi connectivity index (χ4v) is 2.07. The van der Waals surface area contributed by atoms with Gasteiger partial charge in [-0.1, -0.05) is 18.2 Å². The molecule has 2 aromatic carbocycles. The Morgan fingerprint density at radius 1 is 1.00 bits per heavy atom. The number of rotatable bonds is 5. The number of carbonyl (C=O) groups excluding carboxylic acids is 2. The molecule has 0 heterocycles. The molecule has 5 nitrogen and oxygen atoms in total. The fraction of sp³-hybridized carbons (Fsp3) is 0.176. The van der Waals surface area contributed by atoms with Gasteiger partial charge in [0, 0.05) is 24.8 Å². The van der Waals surface area contributed by atoms with Crippen LogP contribution in [-0.4, -0.2) is 18.5 Å². The summed E-state index contributed by atoms with van der Waals surface area (Å²) in [6.45, 7) is 1.81. The predicted molar refractivity (Wildman–Crippen MR) is 87.9 cm³/mol. The molecule has 0 saturated heterocycles. The minimum Gasteiger partial charge on any atom is -0.338 e. The van der Waals surface area contributed by atoms with E-state index in [9.17, 15) is 14.0 Å². The molecule has 0 bridgehead atoms.